The first-order chi connectivity index (χ1) is 24.3. The van der Waals surface area contributed by atoms with Crippen molar-refractivity contribution in [3.05, 3.63) is 228 Å². The molecule has 1 N–H and O–H groups in total. The molecule has 0 aliphatic heterocycles. The van der Waals surface area contributed by atoms with Crippen LogP contribution >= 0.6 is 0 Å². The quantitative estimate of drug-likeness (QED) is 0.112. The summed E-state index contributed by atoms with van der Waals surface area (Å²) in [5.74, 6) is -0.251. The molecule has 49 heavy (non-hydrogen) atoms. The molecule has 7 rings (SSSR count). The Morgan fingerprint density at radius 1 is 0.408 bits per heavy atom. The summed E-state index contributed by atoms with van der Waals surface area (Å²) in [5.41, 5.74) is 10.8. The van der Waals surface area contributed by atoms with Gasteiger partial charge in [0, 0.05) is 41.3 Å². The van der Waals surface area contributed by atoms with Gasteiger partial charge in [-0.05, 0) is 69.8 Å². The van der Waals surface area contributed by atoms with Gasteiger partial charge in [-0.3, -0.25) is 4.99 Å². The van der Waals surface area contributed by atoms with Gasteiger partial charge < -0.3 is 10.3 Å². The number of nitrogens with zero attached hydrogens (tertiary/aromatic N) is 2. The van der Waals surface area contributed by atoms with Crippen LogP contribution in [0.15, 0.2) is 199 Å². The summed E-state index contributed by atoms with van der Waals surface area (Å²) >= 11 is 0. The van der Waals surface area contributed by atoms with E-state index in [1.165, 1.54) is 28.5 Å². The summed E-state index contributed by atoms with van der Waals surface area (Å²) in [5, 5.41) is 8.02. The van der Waals surface area contributed by atoms with Gasteiger partial charge in [-0.15, -0.1) is 0 Å². The lowest BCUT2D eigenvalue weighted by Crippen LogP contribution is -2.14. The Balaban J connectivity index is 1.62. The second kappa shape index (κ2) is 15.1. The van der Waals surface area contributed by atoms with Crippen LogP contribution in [0.25, 0.3) is 0 Å². The van der Waals surface area contributed by atoms with E-state index in [1.807, 2.05) is 0 Å². The van der Waals surface area contributed by atoms with Crippen molar-refractivity contribution in [1.29, 1.82) is 5.41 Å². The number of anilines is 3. The van der Waals surface area contributed by atoms with E-state index >= 15 is 0 Å². The Hall–Kier alpha value is -6.32. The lowest BCUT2D eigenvalue weighted by atomic mass is 9.78. The zero-order valence-electron chi connectivity index (χ0n) is 27.2. The van der Waals surface area contributed by atoms with Gasteiger partial charge in [0.2, 0.25) is 0 Å². The number of nitrogens with one attached hydrogen (secondary N) is 1. The highest BCUT2D eigenvalue weighted by atomic mass is 15.1. The summed E-state index contributed by atoms with van der Waals surface area (Å²) in [7, 11) is 0. The molecule has 3 nitrogen and oxygen atoms in total. The SMILES string of the molecule is N=CC=Nc1c(C(c2ccccc2)c2ccccc2)cc(N(c2ccccc2)c2ccccc2)cc1C(c1ccccc1)c1ccccc1. The summed E-state index contributed by atoms with van der Waals surface area (Å²) in [6.07, 6.45) is 2.87. The predicted octanol–water partition coefficient (Wildman–Crippen LogP) is 11.9. The third-order valence-corrected chi connectivity index (χ3v) is 8.87. The predicted molar refractivity (Wildman–Crippen MR) is 206 cm³/mol. The van der Waals surface area contributed by atoms with E-state index in [9.17, 15) is 0 Å². The maximum atomic E-state index is 8.02. The molecule has 0 saturated heterocycles. The lowest BCUT2D eigenvalue weighted by molar-refractivity contribution is 0.937. The van der Waals surface area contributed by atoms with Crippen LogP contribution < -0.4 is 4.90 Å². The second-order valence-corrected chi connectivity index (χ2v) is 11.9. The summed E-state index contributed by atoms with van der Waals surface area (Å²) in [6, 6.07) is 68.4. The number of benzene rings is 7. The van der Waals surface area contributed by atoms with E-state index in [2.05, 4.69) is 199 Å². The van der Waals surface area contributed by atoms with E-state index in [1.54, 1.807) is 6.21 Å². The smallest absolute Gasteiger partial charge is 0.0715 e. The van der Waals surface area contributed by atoms with Crippen molar-refractivity contribution in [2.75, 3.05) is 4.90 Å². The number of aliphatic imine (C=N–C) groups is 1. The number of para-hydroxylation sites is 2. The molecule has 0 atom stereocenters. The third kappa shape index (κ3) is 6.88. The number of hydrogen-bond acceptors (Lipinski definition) is 3. The van der Waals surface area contributed by atoms with E-state index in [4.69, 9.17) is 10.4 Å². The maximum absolute atomic E-state index is 8.02. The Morgan fingerprint density at radius 3 is 1.02 bits per heavy atom. The average molecular weight is 632 g/mol. The van der Waals surface area contributed by atoms with E-state index in [-0.39, 0.29) is 11.8 Å². The highest BCUT2D eigenvalue weighted by Crippen LogP contribution is 2.48. The van der Waals surface area contributed by atoms with Gasteiger partial charge in [0.15, 0.2) is 0 Å². The van der Waals surface area contributed by atoms with Crippen molar-refractivity contribution in [2.24, 2.45) is 4.99 Å². The Bertz CT molecular complexity index is 1890. The van der Waals surface area contributed by atoms with Crippen LogP contribution in [0.3, 0.4) is 0 Å². The van der Waals surface area contributed by atoms with E-state index < -0.39 is 0 Å². The van der Waals surface area contributed by atoms with Crippen molar-refractivity contribution in [3.8, 4) is 0 Å². The molecule has 0 spiro atoms. The van der Waals surface area contributed by atoms with Crippen molar-refractivity contribution >= 4 is 35.2 Å². The standard InChI is InChI=1S/C46H37N3/c47-31-32-48-46-42(44(35-19-7-1-8-20-35)36-21-9-2-10-22-36)33-41(49(39-27-15-5-16-28-39)40-29-17-6-18-30-40)34-43(46)45(37-23-11-3-12-24-37)38-25-13-4-14-26-38/h1-34,44-45,47H. The fourth-order valence-corrected chi connectivity index (χ4v) is 6.78. The minimum atomic E-state index is -0.125. The first kappa shape index (κ1) is 31.3. The van der Waals surface area contributed by atoms with Gasteiger partial charge in [-0.1, -0.05) is 158 Å². The second-order valence-electron chi connectivity index (χ2n) is 11.9. The highest BCUT2D eigenvalue weighted by Gasteiger charge is 2.29. The molecule has 0 aliphatic rings. The Kier molecular flexibility index (Phi) is 9.62. The van der Waals surface area contributed by atoms with Crippen LogP contribution in [-0.4, -0.2) is 12.4 Å². The van der Waals surface area contributed by atoms with Crippen molar-refractivity contribution in [2.45, 2.75) is 11.8 Å². The first-order valence-corrected chi connectivity index (χ1v) is 16.6. The van der Waals surface area contributed by atoms with Crippen molar-refractivity contribution in [1.82, 2.24) is 0 Å². The average Bonchev–Trinajstić information content (AvgIpc) is 3.17. The molecule has 236 valence electrons. The molecule has 0 fully saturated rings. The van der Waals surface area contributed by atoms with Crippen molar-refractivity contribution in [3.63, 3.8) is 0 Å². The molecule has 0 heterocycles. The Labute approximate surface area is 289 Å². The zero-order valence-corrected chi connectivity index (χ0v) is 27.2. The molecule has 0 saturated carbocycles. The lowest BCUT2D eigenvalue weighted by Gasteiger charge is -2.31. The summed E-state index contributed by atoms with van der Waals surface area (Å²) < 4.78 is 0. The Morgan fingerprint density at radius 2 is 0.714 bits per heavy atom. The molecular formula is C46H37N3. The number of rotatable bonds is 11. The molecule has 0 aliphatic carbocycles. The van der Waals surface area contributed by atoms with Crippen LogP contribution in [0, 0.1) is 5.41 Å². The topological polar surface area (TPSA) is 39.5 Å². The molecule has 0 amide bonds. The monoisotopic (exact) mass is 631 g/mol. The largest absolute Gasteiger partial charge is 0.310 e. The highest BCUT2D eigenvalue weighted by molar-refractivity contribution is 6.15. The molecule has 7 aromatic carbocycles. The van der Waals surface area contributed by atoms with E-state index in [0.717, 1.165) is 33.9 Å². The minimum absolute atomic E-state index is 0.125. The minimum Gasteiger partial charge on any atom is -0.310 e. The summed E-state index contributed by atoms with van der Waals surface area (Å²) in [6.45, 7) is 0. The van der Waals surface area contributed by atoms with Crippen LogP contribution in [0.1, 0.15) is 45.2 Å². The van der Waals surface area contributed by atoms with E-state index in [0.29, 0.717) is 0 Å². The van der Waals surface area contributed by atoms with Gasteiger partial charge in [-0.2, -0.15) is 0 Å². The molecular weight excluding hydrogens is 595 g/mol. The van der Waals surface area contributed by atoms with Crippen LogP contribution in [-0.2, 0) is 0 Å². The molecule has 0 aromatic heterocycles. The normalized spacial score (nSPS) is 11.2. The molecule has 0 unspecified atom stereocenters. The first-order valence-electron chi connectivity index (χ1n) is 16.6. The summed E-state index contributed by atoms with van der Waals surface area (Å²) in [4.78, 5) is 7.46. The van der Waals surface area contributed by atoms with Crippen LogP contribution in [0.4, 0.5) is 22.7 Å². The van der Waals surface area contributed by atoms with Crippen LogP contribution in [0.5, 0.6) is 0 Å². The molecule has 7 aromatic rings. The zero-order chi connectivity index (χ0) is 33.3. The van der Waals surface area contributed by atoms with Crippen molar-refractivity contribution < 1.29 is 0 Å². The van der Waals surface area contributed by atoms with Gasteiger partial charge >= 0.3 is 0 Å². The van der Waals surface area contributed by atoms with Gasteiger partial charge in [0.25, 0.3) is 0 Å². The van der Waals surface area contributed by atoms with Gasteiger partial charge in [-0.25, -0.2) is 0 Å². The van der Waals surface area contributed by atoms with Gasteiger partial charge in [0.05, 0.1) is 5.69 Å². The van der Waals surface area contributed by atoms with Gasteiger partial charge in [0.1, 0.15) is 0 Å². The molecule has 0 bridgehead atoms. The third-order valence-electron chi connectivity index (χ3n) is 8.87. The van der Waals surface area contributed by atoms with Crippen LogP contribution in [0.2, 0.25) is 0 Å². The fraction of sp³-hybridized carbons (Fsp3) is 0.0435. The number of hydrogen-bond donors (Lipinski definition) is 1. The molecule has 3 heteroatoms. The fourth-order valence-electron chi connectivity index (χ4n) is 6.78. The molecule has 0 radical (unpaired) electrons. The maximum Gasteiger partial charge on any atom is 0.0715 e.